The number of methoxy groups -OCH3 is 1. The van der Waals surface area contributed by atoms with Gasteiger partial charge in [0, 0.05) is 5.75 Å². The Bertz CT molecular complexity index is 335. The lowest BCUT2D eigenvalue weighted by Gasteiger charge is -1.98. The van der Waals surface area contributed by atoms with E-state index in [1.54, 1.807) is 7.11 Å². The molecule has 0 aromatic heterocycles. The number of allylic oxidation sites excluding steroid dienone is 1. The van der Waals surface area contributed by atoms with Gasteiger partial charge >= 0.3 is 0 Å². The fourth-order valence-corrected chi connectivity index (χ4v) is 2.68. The van der Waals surface area contributed by atoms with E-state index in [-0.39, 0.29) is 0 Å². The molecule has 2 rings (SSSR count). The maximum absolute atomic E-state index is 5.02. The average molecular weight is 252 g/mol. The van der Waals surface area contributed by atoms with E-state index >= 15 is 0 Å². The van der Waals surface area contributed by atoms with Gasteiger partial charge in [0.2, 0.25) is 0 Å². The van der Waals surface area contributed by atoms with Crippen LogP contribution in [0.3, 0.4) is 0 Å². The van der Waals surface area contributed by atoms with E-state index in [1.807, 2.05) is 58.9 Å². The fraction of sp³-hybridized carbons (Fsp3) is 0.231. The lowest BCUT2D eigenvalue weighted by Crippen LogP contribution is -1.80. The van der Waals surface area contributed by atoms with Crippen molar-refractivity contribution in [3.63, 3.8) is 0 Å². The van der Waals surface area contributed by atoms with Crippen LogP contribution in [0.5, 0.6) is 5.75 Å². The third-order valence-electron chi connectivity index (χ3n) is 1.86. The van der Waals surface area contributed by atoms with Gasteiger partial charge in [0.1, 0.15) is 5.75 Å². The number of ether oxygens (including phenoxy) is 1. The molecule has 16 heavy (non-hydrogen) atoms. The van der Waals surface area contributed by atoms with Gasteiger partial charge in [-0.05, 0) is 30.0 Å². The topological polar surface area (TPSA) is 9.23 Å². The highest BCUT2D eigenvalue weighted by Crippen LogP contribution is 2.27. The van der Waals surface area contributed by atoms with Crippen molar-refractivity contribution in [3.05, 3.63) is 47.4 Å². The van der Waals surface area contributed by atoms with Gasteiger partial charge in [0.15, 0.2) is 0 Å². The summed E-state index contributed by atoms with van der Waals surface area (Å²) in [4.78, 5) is 0. The molecule has 1 aromatic carbocycles. The highest BCUT2D eigenvalue weighted by molar-refractivity contribution is 8.78. The van der Waals surface area contributed by atoms with Gasteiger partial charge in [-0.15, -0.1) is 0 Å². The van der Waals surface area contributed by atoms with E-state index < -0.39 is 0 Å². The zero-order chi connectivity index (χ0) is 11.6. The summed E-state index contributed by atoms with van der Waals surface area (Å²) in [7, 11) is 5.36. The Morgan fingerprint density at radius 2 is 2.00 bits per heavy atom. The van der Waals surface area contributed by atoms with Crippen molar-refractivity contribution < 1.29 is 4.74 Å². The van der Waals surface area contributed by atoms with E-state index in [0.29, 0.717) is 0 Å². The zero-order valence-corrected chi connectivity index (χ0v) is 11.2. The lowest BCUT2D eigenvalue weighted by atomic mass is 10.2. The molecular formula is C13H16OS2. The van der Waals surface area contributed by atoms with Crippen LogP contribution in [-0.4, -0.2) is 12.9 Å². The van der Waals surface area contributed by atoms with E-state index in [9.17, 15) is 0 Å². The summed E-state index contributed by atoms with van der Waals surface area (Å²) < 4.78 is 5.02. The summed E-state index contributed by atoms with van der Waals surface area (Å²) in [5.41, 5.74) is 1.20. The van der Waals surface area contributed by atoms with Gasteiger partial charge in [0.25, 0.3) is 0 Å². The summed E-state index contributed by atoms with van der Waals surface area (Å²) in [5.74, 6) is 2.10. The predicted octanol–water partition coefficient (Wildman–Crippen LogP) is 4.62. The molecule has 1 aliphatic rings. The number of benzene rings is 1. The highest BCUT2D eigenvalue weighted by atomic mass is 33.1. The summed E-state index contributed by atoms with van der Waals surface area (Å²) >= 11 is 0. The molecule has 0 aliphatic carbocycles. The van der Waals surface area contributed by atoms with Crippen LogP contribution in [0.25, 0.3) is 6.08 Å². The minimum atomic E-state index is 0.901. The van der Waals surface area contributed by atoms with Crippen LogP contribution >= 0.6 is 21.6 Å². The monoisotopic (exact) mass is 252 g/mol. The smallest absolute Gasteiger partial charge is 0.118 e. The molecule has 0 saturated heterocycles. The van der Waals surface area contributed by atoms with Crippen LogP contribution in [0.2, 0.25) is 0 Å². The minimum Gasteiger partial charge on any atom is -0.497 e. The van der Waals surface area contributed by atoms with Crippen LogP contribution in [0, 0.1) is 0 Å². The van der Waals surface area contributed by atoms with E-state index in [1.165, 1.54) is 11.3 Å². The van der Waals surface area contributed by atoms with Crippen molar-refractivity contribution in [1.29, 1.82) is 0 Å². The Hall–Kier alpha value is -0.800. The normalized spacial score (nSPS) is 13.6. The molecule has 0 atom stereocenters. The van der Waals surface area contributed by atoms with Crippen molar-refractivity contribution in [1.82, 2.24) is 0 Å². The molecule has 0 bridgehead atoms. The van der Waals surface area contributed by atoms with Crippen molar-refractivity contribution in [2.75, 3.05) is 12.9 Å². The second-order valence-electron chi connectivity index (χ2n) is 3.03. The quantitative estimate of drug-likeness (QED) is 0.711. The molecule has 1 heterocycles. The SMILES string of the molecule is C/C=C/c1ccc(OC)cc1.C1=CSSC1. The Labute approximate surface area is 105 Å². The molecule has 0 saturated carbocycles. The van der Waals surface area contributed by atoms with E-state index in [0.717, 1.165) is 5.75 Å². The number of rotatable bonds is 2. The summed E-state index contributed by atoms with van der Waals surface area (Å²) in [6, 6.07) is 7.96. The lowest BCUT2D eigenvalue weighted by molar-refractivity contribution is 0.415. The predicted molar refractivity (Wildman–Crippen MR) is 76.9 cm³/mol. The van der Waals surface area contributed by atoms with Crippen molar-refractivity contribution in [2.45, 2.75) is 6.92 Å². The molecule has 3 heteroatoms. The number of hydrogen-bond donors (Lipinski definition) is 0. The van der Waals surface area contributed by atoms with E-state index in [2.05, 4.69) is 17.6 Å². The molecular weight excluding hydrogens is 236 g/mol. The molecule has 86 valence electrons. The maximum Gasteiger partial charge on any atom is 0.118 e. The summed E-state index contributed by atoms with van der Waals surface area (Å²) in [6.07, 6.45) is 6.23. The molecule has 1 nitrogen and oxygen atoms in total. The zero-order valence-electron chi connectivity index (χ0n) is 9.55. The average Bonchev–Trinajstić information content (AvgIpc) is 2.89. The third kappa shape index (κ3) is 5.33. The van der Waals surface area contributed by atoms with Gasteiger partial charge in [-0.3, -0.25) is 0 Å². The Morgan fingerprint density at radius 3 is 2.38 bits per heavy atom. The second kappa shape index (κ2) is 8.36. The Balaban J connectivity index is 0.000000212. The molecule has 0 fully saturated rings. The summed E-state index contributed by atoms with van der Waals surface area (Å²) in [5, 5.41) is 2.12. The van der Waals surface area contributed by atoms with Gasteiger partial charge in [-0.2, -0.15) is 0 Å². The Morgan fingerprint density at radius 1 is 1.25 bits per heavy atom. The largest absolute Gasteiger partial charge is 0.497 e. The maximum atomic E-state index is 5.02. The first-order valence-corrected chi connectivity index (χ1v) is 7.45. The second-order valence-corrected chi connectivity index (χ2v) is 5.34. The van der Waals surface area contributed by atoms with Crippen LogP contribution in [-0.2, 0) is 0 Å². The molecule has 1 aromatic rings. The first kappa shape index (κ1) is 13.3. The van der Waals surface area contributed by atoms with Gasteiger partial charge in [-0.25, -0.2) is 0 Å². The Kier molecular flexibility index (Phi) is 6.93. The van der Waals surface area contributed by atoms with Crippen LogP contribution in [0.4, 0.5) is 0 Å². The van der Waals surface area contributed by atoms with Gasteiger partial charge < -0.3 is 4.74 Å². The number of hydrogen-bond acceptors (Lipinski definition) is 3. The van der Waals surface area contributed by atoms with Gasteiger partial charge in [0.05, 0.1) is 7.11 Å². The highest BCUT2D eigenvalue weighted by Gasteiger charge is 1.88. The third-order valence-corrected chi connectivity index (χ3v) is 3.78. The van der Waals surface area contributed by atoms with Gasteiger partial charge in [-0.1, -0.05) is 51.9 Å². The molecule has 0 radical (unpaired) electrons. The molecule has 0 unspecified atom stereocenters. The molecule has 0 N–H and O–H groups in total. The minimum absolute atomic E-state index is 0.901. The van der Waals surface area contributed by atoms with E-state index in [4.69, 9.17) is 4.74 Å². The molecule has 0 spiro atoms. The van der Waals surface area contributed by atoms with Crippen molar-refractivity contribution in [3.8, 4) is 5.75 Å². The first-order chi connectivity index (χ1) is 7.86. The standard InChI is InChI=1S/C10H12O.C3H4S2/c1-3-4-9-5-7-10(11-2)8-6-9;1-2-4-5-3-1/h3-8H,1-2H3;1-2H,3H2/b4-3+;. The molecule has 1 aliphatic heterocycles. The fourth-order valence-electron chi connectivity index (χ4n) is 1.10. The van der Waals surface area contributed by atoms with Crippen LogP contribution in [0.15, 0.2) is 41.8 Å². The van der Waals surface area contributed by atoms with Crippen LogP contribution in [0.1, 0.15) is 12.5 Å². The van der Waals surface area contributed by atoms with Crippen molar-refractivity contribution >= 4 is 27.7 Å². The van der Waals surface area contributed by atoms with Crippen molar-refractivity contribution in [2.24, 2.45) is 0 Å². The first-order valence-electron chi connectivity index (χ1n) is 5.07. The molecule has 0 amide bonds. The summed E-state index contributed by atoms with van der Waals surface area (Å²) in [6.45, 7) is 2.00. The van der Waals surface area contributed by atoms with Crippen LogP contribution < -0.4 is 4.74 Å².